The van der Waals surface area contributed by atoms with Crippen molar-refractivity contribution in [1.82, 2.24) is 9.88 Å². The molecule has 2 heterocycles. The normalized spacial score (nSPS) is 20.7. The Morgan fingerprint density at radius 1 is 1.45 bits per heavy atom. The highest BCUT2D eigenvalue weighted by Gasteiger charge is 2.27. The van der Waals surface area contributed by atoms with Gasteiger partial charge < -0.3 is 15.0 Å². The van der Waals surface area contributed by atoms with E-state index in [9.17, 15) is 18.0 Å². The van der Waals surface area contributed by atoms with Crippen LogP contribution in [0.1, 0.15) is 16.9 Å². The molecule has 0 spiro atoms. The fourth-order valence-corrected chi connectivity index (χ4v) is 4.11. The smallest absolute Gasteiger partial charge is 0.352 e. The van der Waals surface area contributed by atoms with Gasteiger partial charge in [-0.2, -0.15) is 0 Å². The van der Waals surface area contributed by atoms with Crippen LogP contribution in [-0.4, -0.2) is 48.0 Å². The molecule has 1 fully saturated rings. The van der Waals surface area contributed by atoms with Crippen LogP contribution >= 0.6 is 0 Å². The molecule has 1 aliphatic heterocycles. The third-order valence-corrected chi connectivity index (χ3v) is 5.11. The molecule has 0 saturated carbocycles. The molecule has 0 radical (unpaired) electrons. The Balaban J connectivity index is 1.84. The molecule has 1 amide bonds. The van der Waals surface area contributed by atoms with E-state index < -0.39 is 15.8 Å². The van der Waals surface area contributed by atoms with Crippen LogP contribution in [-0.2, 0) is 21.2 Å². The van der Waals surface area contributed by atoms with Crippen molar-refractivity contribution in [2.24, 2.45) is 5.92 Å². The highest BCUT2D eigenvalue weighted by Crippen LogP contribution is 2.17. The lowest BCUT2D eigenvalue weighted by Crippen LogP contribution is -2.33. The summed E-state index contributed by atoms with van der Waals surface area (Å²) in [5.41, 5.74) is 0.0450. The van der Waals surface area contributed by atoms with E-state index >= 15 is 0 Å². The van der Waals surface area contributed by atoms with E-state index in [-0.39, 0.29) is 35.6 Å². The standard InChI is InChI=1S/C12H16N2O5S/c15-11(7-14-4-1-2-10(14)12(16)17)13-6-9-3-5-20(18,19)8-9/h1-2,4,9H,3,5-8H2,(H,13,15)(H,16,17). The zero-order valence-electron chi connectivity index (χ0n) is 10.8. The van der Waals surface area contributed by atoms with E-state index in [1.54, 1.807) is 6.07 Å². The molecule has 0 bridgehead atoms. The van der Waals surface area contributed by atoms with Crippen molar-refractivity contribution in [2.75, 3.05) is 18.1 Å². The number of hydrogen-bond acceptors (Lipinski definition) is 4. The second-order valence-corrected chi connectivity index (χ2v) is 7.13. The summed E-state index contributed by atoms with van der Waals surface area (Å²) in [5, 5.41) is 11.6. The van der Waals surface area contributed by atoms with Crippen LogP contribution in [0.25, 0.3) is 0 Å². The van der Waals surface area contributed by atoms with Gasteiger partial charge in [-0.15, -0.1) is 0 Å². The summed E-state index contributed by atoms with van der Waals surface area (Å²) in [6.07, 6.45) is 2.08. The molecular weight excluding hydrogens is 284 g/mol. The molecule has 2 rings (SSSR count). The van der Waals surface area contributed by atoms with Crippen molar-refractivity contribution in [3.63, 3.8) is 0 Å². The van der Waals surface area contributed by atoms with Crippen LogP contribution in [0.5, 0.6) is 0 Å². The summed E-state index contributed by atoms with van der Waals surface area (Å²) in [5.74, 6) is -1.18. The third-order valence-electron chi connectivity index (χ3n) is 3.28. The molecule has 110 valence electrons. The van der Waals surface area contributed by atoms with Gasteiger partial charge in [0, 0.05) is 12.7 Å². The number of carbonyl (C=O) groups is 2. The fourth-order valence-electron chi connectivity index (χ4n) is 2.25. The van der Waals surface area contributed by atoms with E-state index in [2.05, 4.69) is 5.32 Å². The maximum atomic E-state index is 11.7. The summed E-state index contributed by atoms with van der Waals surface area (Å²) in [6, 6.07) is 2.97. The monoisotopic (exact) mass is 300 g/mol. The van der Waals surface area contributed by atoms with Gasteiger partial charge in [0.25, 0.3) is 0 Å². The number of sulfone groups is 1. The van der Waals surface area contributed by atoms with Crippen molar-refractivity contribution >= 4 is 21.7 Å². The topological polar surface area (TPSA) is 105 Å². The summed E-state index contributed by atoms with van der Waals surface area (Å²) < 4.78 is 23.9. The average molecular weight is 300 g/mol. The minimum absolute atomic E-state index is 0.0450. The fraction of sp³-hybridized carbons (Fsp3) is 0.500. The molecule has 1 aromatic rings. The predicted octanol–water partition coefficient (Wildman–Crippen LogP) is -0.263. The first kappa shape index (κ1) is 14.6. The van der Waals surface area contributed by atoms with Gasteiger partial charge in [0.15, 0.2) is 9.84 Å². The Kier molecular flexibility index (Phi) is 4.12. The number of hydrogen-bond donors (Lipinski definition) is 2. The van der Waals surface area contributed by atoms with Crippen LogP contribution in [0, 0.1) is 5.92 Å². The second-order valence-electron chi connectivity index (χ2n) is 4.90. The number of rotatable bonds is 5. The molecular formula is C12H16N2O5S. The number of carboxylic acids is 1. The van der Waals surface area contributed by atoms with Crippen LogP contribution < -0.4 is 5.32 Å². The number of aromatic nitrogens is 1. The predicted molar refractivity (Wildman–Crippen MR) is 71.2 cm³/mol. The van der Waals surface area contributed by atoms with Crippen molar-refractivity contribution in [1.29, 1.82) is 0 Å². The highest BCUT2D eigenvalue weighted by molar-refractivity contribution is 7.91. The van der Waals surface area contributed by atoms with Crippen LogP contribution in [0.15, 0.2) is 18.3 Å². The zero-order valence-corrected chi connectivity index (χ0v) is 11.6. The number of carboxylic acid groups (broad SMARTS) is 1. The molecule has 0 aromatic carbocycles. The first-order valence-electron chi connectivity index (χ1n) is 6.23. The number of amides is 1. The van der Waals surface area contributed by atoms with Crippen LogP contribution in [0.2, 0.25) is 0 Å². The van der Waals surface area contributed by atoms with E-state index in [0.29, 0.717) is 13.0 Å². The highest BCUT2D eigenvalue weighted by atomic mass is 32.2. The lowest BCUT2D eigenvalue weighted by Gasteiger charge is -2.11. The Morgan fingerprint density at radius 3 is 2.80 bits per heavy atom. The Morgan fingerprint density at radius 2 is 2.20 bits per heavy atom. The van der Waals surface area contributed by atoms with Crippen molar-refractivity contribution in [3.05, 3.63) is 24.0 Å². The molecule has 7 nitrogen and oxygen atoms in total. The molecule has 8 heteroatoms. The third kappa shape index (κ3) is 3.60. The van der Waals surface area contributed by atoms with Gasteiger partial charge in [-0.3, -0.25) is 4.79 Å². The largest absolute Gasteiger partial charge is 0.477 e. The molecule has 1 aliphatic rings. The van der Waals surface area contributed by atoms with Gasteiger partial charge in [0.1, 0.15) is 12.2 Å². The van der Waals surface area contributed by atoms with Gasteiger partial charge in [-0.05, 0) is 24.5 Å². The minimum atomic E-state index is -2.95. The molecule has 1 atom stereocenters. The molecule has 1 aromatic heterocycles. The van der Waals surface area contributed by atoms with Gasteiger partial charge in [-0.1, -0.05) is 0 Å². The Bertz CT molecular complexity index is 620. The number of carbonyl (C=O) groups excluding carboxylic acids is 1. The number of aromatic carboxylic acids is 1. The van der Waals surface area contributed by atoms with E-state index in [0.717, 1.165) is 0 Å². The van der Waals surface area contributed by atoms with Gasteiger partial charge >= 0.3 is 5.97 Å². The maximum absolute atomic E-state index is 11.7. The first-order chi connectivity index (χ1) is 9.37. The molecule has 1 saturated heterocycles. The van der Waals surface area contributed by atoms with Crippen molar-refractivity contribution < 1.29 is 23.1 Å². The number of nitrogens with one attached hydrogen (secondary N) is 1. The number of nitrogens with zero attached hydrogens (tertiary/aromatic N) is 1. The van der Waals surface area contributed by atoms with E-state index in [1.165, 1.54) is 16.8 Å². The van der Waals surface area contributed by atoms with Gasteiger partial charge in [0.05, 0.1) is 11.5 Å². The summed E-state index contributed by atoms with van der Waals surface area (Å²) in [4.78, 5) is 22.6. The molecule has 1 unspecified atom stereocenters. The molecule has 0 aliphatic carbocycles. The Labute approximate surface area is 116 Å². The van der Waals surface area contributed by atoms with E-state index in [1.807, 2.05) is 0 Å². The lowest BCUT2D eigenvalue weighted by molar-refractivity contribution is -0.121. The maximum Gasteiger partial charge on any atom is 0.352 e. The molecule has 20 heavy (non-hydrogen) atoms. The SMILES string of the molecule is O=C(Cn1cccc1C(=O)O)NCC1CCS(=O)(=O)C1. The van der Waals surface area contributed by atoms with Gasteiger partial charge in [0.2, 0.25) is 5.91 Å². The quantitative estimate of drug-likeness (QED) is 0.779. The summed E-state index contributed by atoms with van der Waals surface area (Å²) in [6.45, 7) is 0.218. The van der Waals surface area contributed by atoms with Crippen molar-refractivity contribution in [3.8, 4) is 0 Å². The minimum Gasteiger partial charge on any atom is -0.477 e. The summed E-state index contributed by atoms with van der Waals surface area (Å²) >= 11 is 0. The average Bonchev–Trinajstić information content (AvgIpc) is 2.93. The van der Waals surface area contributed by atoms with Crippen molar-refractivity contribution in [2.45, 2.75) is 13.0 Å². The zero-order chi connectivity index (χ0) is 14.8. The Hall–Kier alpha value is -1.83. The van der Waals surface area contributed by atoms with Crippen LogP contribution in [0.4, 0.5) is 0 Å². The lowest BCUT2D eigenvalue weighted by atomic mass is 10.1. The van der Waals surface area contributed by atoms with Crippen LogP contribution in [0.3, 0.4) is 0 Å². The van der Waals surface area contributed by atoms with E-state index in [4.69, 9.17) is 5.11 Å². The second kappa shape index (κ2) is 5.66. The van der Waals surface area contributed by atoms with Gasteiger partial charge in [-0.25, -0.2) is 13.2 Å². The first-order valence-corrected chi connectivity index (χ1v) is 8.05. The summed E-state index contributed by atoms with van der Waals surface area (Å²) in [7, 11) is -2.95. The molecule has 2 N–H and O–H groups in total.